The van der Waals surface area contributed by atoms with Crippen molar-refractivity contribution in [2.24, 2.45) is 5.92 Å². The van der Waals surface area contributed by atoms with Crippen molar-refractivity contribution in [3.63, 3.8) is 0 Å². The van der Waals surface area contributed by atoms with Crippen LogP contribution in [-0.4, -0.2) is 51.1 Å². The minimum absolute atomic E-state index is 0.129. The van der Waals surface area contributed by atoms with Crippen LogP contribution in [0.3, 0.4) is 0 Å². The number of methoxy groups -OCH3 is 2. The third-order valence-electron chi connectivity index (χ3n) is 3.96. The maximum Gasteiger partial charge on any atom is 0.185 e. The molecular weight excluding hydrogens is 256 g/mol. The van der Waals surface area contributed by atoms with E-state index in [0.717, 1.165) is 12.8 Å². The molecule has 0 aromatic carbocycles. The first-order chi connectivity index (χ1) is 8.23. The zero-order chi connectivity index (χ0) is 14.0. The van der Waals surface area contributed by atoms with Gasteiger partial charge in [-0.3, -0.25) is 0 Å². The molecule has 3 atom stereocenters. The van der Waals surface area contributed by atoms with Gasteiger partial charge in [0.25, 0.3) is 0 Å². The average Bonchev–Trinajstić information content (AvgIpc) is 2.29. The number of rotatable bonds is 5. The Morgan fingerprint density at radius 2 is 1.83 bits per heavy atom. The lowest BCUT2D eigenvalue weighted by atomic mass is 9.77. The Kier molecular flexibility index (Phi) is 5.17. The summed E-state index contributed by atoms with van der Waals surface area (Å²) in [5.74, 6) is -0.129. The predicted octanol–water partition coefficient (Wildman–Crippen LogP) is 0.960. The first-order valence-electron chi connectivity index (χ1n) is 6.20. The normalized spacial score (nSPS) is 29.2. The van der Waals surface area contributed by atoms with Crippen molar-refractivity contribution in [2.45, 2.75) is 49.7 Å². The summed E-state index contributed by atoms with van der Waals surface area (Å²) in [6, 6.07) is 0. The molecule has 0 saturated heterocycles. The molecule has 0 radical (unpaired) electrons. The fraction of sp³-hybridized carbons (Fsp3) is 1.00. The van der Waals surface area contributed by atoms with Gasteiger partial charge < -0.3 is 14.6 Å². The fourth-order valence-corrected chi connectivity index (χ4v) is 4.01. The predicted molar refractivity (Wildman–Crippen MR) is 69.0 cm³/mol. The molecule has 0 amide bonds. The van der Waals surface area contributed by atoms with E-state index in [4.69, 9.17) is 9.47 Å². The second kappa shape index (κ2) is 5.86. The van der Waals surface area contributed by atoms with E-state index in [9.17, 15) is 13.5 Å². The SMILES string of the molecule is COC(OC)C(C)(O)C1CCCC(S(C)(=O)=O)C1. The molecule has 0 spiro atoms. The van der Waals surface area contributed by atoms with E-state index in [1.165, 1.54) is 20.5 Å². The van der Waals surface area contributed by atoms with E-state index in [-0.39, 0.29) is 11.2 Å². The third kappa shape index (κ3) is 3.44. The maximum absolute atomic E-state index is 11.6. The summed E-state index contributed by atoms with van der Waals surface area (Å²) in [6.07, 6.45) is 3.27. The highest BCUT2D eigenvalue weighted by Gasteiger charge is 2.44. The van der Waals surface area contributed by atoms with Crippen molar-refractivity contribution in [1.29, 1.82) is 0 Å². The Morgan fingerprint density at radius 1 is 1.28 bits per heavy atom. The van der Waals surface area contributed by atoms with Gasteiger partial charge in [0.2, 0.25) is 0 Å². The lowest BCUT2D eigenvalue weighted by Crippen LogP contribution is -2.50. The molecule has 1 aliphatic carbocycles. The number of sulfone groups is 1. The molecule has 1 fully saturated rings. The smallest absolute Gasteiger partial charge is 0.185 e. The van der Waals surface area contributed by atoms with Gasteiger partial charge in [0.05, 0.1) is 5.25 Å². The van der Waals surface area contributed by atoms with Crippen molar-refractivity contribution in [3.05, 3.63) is 0 Å². The zero-order valence-electron chi connectivity index (χ0n) is 11.5. The minimum Gasteiger partial charge on any atom is -0.385 e. The van der Waals surface area contributed by atoms with E-state index in [2.05, 4.69) is 0 Å². The Hall–Kier alpha value is -0.170. The first-order valence-corrected chi connectivity index (χ1v) is 8.15. The first kappa shape index (κ1) is 15.9. The quantitative estimate of drug-likeness (QED) is 0.759. The monoisotopic (exact) mass is 280 g/mol. The van der Waals surface area contributed by atoms with E-state index >= 15 is 0 Å². The average molecular weight is 280 g/mol. The summed E-state index contributed by atoms with van der Waals surface area (Å²) < 4.78 is 33.5. The van der Waals surface area contributed by atoms with Crippen LogP contribution in [0.25, 0.3) is 0 Å². The van der Waals surface area contributed by atoms with Gasteiger partial charge in [-0.25, -0.2) is 8.42 Å². The van der Waals surface area contributed by atoms with Gasteiger partial charge in [-0.1, -0.05) is 6.42 Å². The van der Waals surface area contributed by atoms with Gasteiger partial charge in [0, 0.05) is 20.5 Å². The number of aliphatic hydroxyl groups is 1. The van der Waals surface area contributed by atoms with E-state index in [0.29, 0.717) is 12.8 Å². The molecule has 18 heavy (non-hydrogen) atoms. The molecule has 1 rings (SSSR count). The summed E-state index contributed by atoms with van der Waals surface area (Å²) in [5.41, 5.74) is -1.17. The van der Waals surface area contributed by atoms with E-state index in [1.807, 2.05) is 0 Å². The topological polar surface area (TPSA) is 72.8 Å². The van der Waals surface area contributed by atoms with Crippen molar-refractivity contribution in [1.82, 2.24) is 0 Å². The molecule has 1 aliphatic rings. The second-order valence-electron chi connectivity index (χ2n) is 5.34. The highest BCUT2D eigenvalue weighted by molar-refractivity contribution is 7.91. The van der Waals surface area contributed by atoms with Gasteiger partial charge in [0.15, 0.2) is 6.29 Å². The highest BCUT2D eigenvalue weighted by Crippen LogP contribution is 2.37. The molecule has 1 saturated carbocycles. The van der Waals surface area contributed by atoms with Gasteiger partial charge in [-0.15, -0.1) is 0 Å². The van der Waals surface area contributed by atoms with Crippen LogP contribution in [0.2, 0.25) is 0 Å². The summed E-state index contributed by atoms with van der Waals surface area (Å²) in [6.45, 7) is 1.65. The molecule has 0 heterocycles. The molecule has 3 unspecified atom stereocenters. The van der Waals surface area contributed by atoms with Crippen LogP contribution in [-0.2, 0) is 19.3 Å². The molecular formula is C12H24O5S. The van der Waals surface area contributed by atoms with Crippen LogP contribution < -0.4 is 0 Å². The lowest BCUT2D eigenvalue weighted by molar-refractivity contribution is -0.230. The second-order valence-corrected chi connectivity index (χ2v) is 7.67. The van der Waals surface area contributed by atoms with Gasteiger partial charge in [-0.05, 0) is 32.1 Å². The summed E-state index contributed by atoms with van der Waals surface area (Å²) in [5, 5.41) is 10.2. The number of hydrogen-bond donors (Lipinski definition) is 1. The maximum atomic E-state index is 11.6. The number of ether oxygens (including phenoxy) is 2. The lowest BCUT2D eigenvalue weighted by Gasteiger charge is -2.41. The van der Waals surface area contributed by atoms with Gasteiger partial charge >= 0.3 is 0 Å². The van der Waals surface area contributed by atoms with Crippen LogP contribution in [0, 0.1) is 5.92 Å². The van der Waals surface area contributed by atoms with Crippen molar-refractivity contribution >= 4 is 9.84 Å². The van der Waals surface area contributed by atoms with Crippen molar-refractivity contribution < 1.29 is 23.0 Å². The minimum atomic E-state index is -3.05. The van der Waals surface area contributed by atoms with Crippen LogP contribution in [0.5, 0.6) is 0 Å². The third-order valence-corrected chi connectivity index (χ3v) is 5.60. The van der Waals surface area contributed by atoms with Crippen LogP contribution >= 0.6 is 0 Å². The zero-order valence-corrected chi connectivity index (χ0v) is 12.4. The molecule has 5 nitrogen and oxygen atoms in total. The highest BCUT2D eigenvalue weighted by atomic mass is 32.2. The largest absolute Gasteiger partial charge is 0.385 e. The van der Waals surface area contributed by atoms with Gasteiger partial charge in [-0.2, -0.15) is 0 Å². The molecule has 0 bridgehead atoms. The Labute approximate surface area is 109 Å². The van der Waals surface area contributed by atoms with Crippen LogP contribution in [0.4, 0.5) is 0 Å². The Bertz CT molecular complexity index is 359. The fourth-order valence-electron chi connectivity index (χ4n) is 2.83. The molecule has 1 N–H and O–H groups in total. The molecule has 0 aliphatic heterocycles. The summed E-state index contributed by atoms with van der Waals surface area (Å²) in [7, 11) is -0.107. The molecule has 0 aromatic heterocycles. The van der Waals surface area contributed by atoms with E-state index < -0.39 is 21.7 Å². The summed E-state index contributed by atoms with van der Waals surface area (Å²) >= 11 is 0. The molecule has 6 heteroatoms. The Balaban J connectivity index is 2.83. The molecule has 0 aromatic rings. The van der Waals surface area contributed by atoms with E-state index in [1.54, 1.807) is 6.92 Å². The van der Waals surface area contributed by atoms with Crippen LogP contribution in [0.15, 0.2) is 0 Å². The molecule has 108 valence electrons. The number of hydrogen-bond acceptors (Lipinski definition) is 5. The summed E-state index contributed by atoms with van der Waals surface area (Å²) in [4.78, 5) is 0. The van der Waals surface area contributed by atoms with Crippen LogP contribution in [0.1, 0.15) is 32.6 Å². The Morgan fingerprint density at radius 3 is 2.28 bits per heavy atom. The van der Waals surface area contributed by atoms with Crippen molar-refractivity contribution in [2.75, 3.05) is 20.5 Å². The van der Waals surface area contributed by atoms with Crippen molar-refractivity contribution in [3.8, 4) is 0 Å². The standard InChI is InChI=1S/C12H24O5S/c1-12(13,11(16-2)17-3)9-6-5-7-10(8-9)18(4,14)15/h9-11,13H,5-8H2,1-4H3. The van der Waals surface area contributed by atoms with Gasteiger partial charge in [0.1, 0.15) is 15.4 Å².